The maximum absolute atomic E-state index is 13.7. The van der Waals surface area contributed by atoms with Crippen molar-refractivity contribution in [2.45, 2.75) is 39.0 Å². The van der Waals surface area contributed by atoms with Crippen molar-refractivity contribution in [3.63, 3.8) is 0 Å². The molecule has 0 saturated carbocycles. The van der Waals surface area contributed by atoms with Crippen LogP contribution in [0.3, 0.4) is 0 Å². The van der Waals surface area contributed by atoms with E-state index in [1.807, 2.05) is 0 Å². The third-order valence-corrected chi connectivity index (χ3v) is 2.89. The van der Waals surface area contributed by atoms with E-state index in [0.717, 1.165) is 0 Å². The van der Waals surface area contributed by atoms with E-state index in [0.29, 0.717) is 13.0 Å². The molecule has 0 heterocycles. The third kappa shape index (κ3) is 5.57. The van der Waals surface area contributed by atoms with Gasteiger partial charge in [-0.15, -0.1) is 0 Å². The van der Waals surface area contributed by atoms with Crippen LogP contribution in [-0.2, 0) is 15.5 Å². The fourth-order valence-corrected chi connectivity index (χ4v) is 1.76. The second-order valence-corrected chi connectivity index (χ2v) is 4.61. The lowest BCUT2D eigenvalue weighted by atomic mass is 10.1. The number of rotatable bonds is 8. The maximum atomic E-state index is 13.7. The van der Waals surface area contributed by atoms with Crippen LogP contribution in [0.1, 0.15) is 38.7 Å². The summed E-state index contributed by atoms with van der Waals surface area (Å²) < 4.78 is 37.5. The van der Waals surface area contributed by atoms with Crippen molar-refractivity contribution >= 4 is 11.7 Å². The molecular formula is C15H21F2NO3. The minimum atomic E-state index is -2.93. The normalized spacial score (nSPS) is 11.2. The quantitative estimate of drug-likeness (QED) is 0.453. The van der Waals surface area contributed by atoms with Crippen LogP contribution in [0.25, 0.3) is 0 Å². The first kappa shape index (κ1) is 17.2. The number of carbonyl (C=O) groups excluding carboxylic acids is 1. The van der Waals surface area contributed by atoms with Crippen molar-refractivity contribution in [1.29, 1.82) is 0 Å². The van der Waals surface area contributed by atoms with E-state index in [-0.39, 0.29) is 42.4 Å². The first-order chi connectivity index (χ1) is 9.89. The minimum absolute atomic E-state index is 0.162. The molecule has 0 saturated heterocycles. The number of benzene rings is 1. The van der Waals surface area contributed by atoms with Gasteiger partial charge in [-0.1, -0.05) is 6.92 Å². The van der Waals surface area contributed by atoms with E-state index in [1.54, 1.807) is 6.92 Å². The highest BCUT2D eigenvalue weighted by Gasteiger charge is 2.29. The first-order valence-electron chi connectivity index (χ1n) is 6.96. The molecule has 6 heteroatoms. The predicted octanol–water partition coefficient (Wildman–Crippen LogP) is 3.49. The summed E-state index contributed by atoms with van der Waals surface area (Å²) in [6, 6.07) is 4.01. The third-order valence-electron chi connectivity index (χ3n) is 2.89. The summed E-state index contributed by atoms with van der Waals surface area (Å²) in [7, 11) is 0. The molecule has 0 spiro atoms. The maximum Gasteiger partial charge on any atom is 0.305 e. The topological polar surface area (TPSA) is 61.5 Å². The summed E-state index contributed by atoms with van der Waals surface area (Å²) in [6.07, 6.45) is 0.375. The van der Waals surface area contributed by atoms with Crippen LogP contribution >= 0.6 is 0 Å². The molecule has 0 bridgehead atoms. The highest BCUT2D eigenvalue weighted by atomic mass is 19.3. The lowest BCUT2D eigenvalue weighted by Crippen LogP contribution is -2.12. The van der Waals surface area contributed by atoms with Crippen LogP contribution < -0.4 is 10.5 Å². The van der Waals surface area contributed by atoms with Gasteiger partial charge in [0.1, 0.15) is 5.75 Å². The van der Waals surface area contributed by atoms with E-state index in [1.165, 1.54) is 25.1 Å². The van der Waals surface area contributed by atoms with Crippen molar-refractivity contribution in [2.24, 2.45) is 0 Å². The Hall–Kier alpha value is -1.85. The summed E-state index contributed by atoms with van der Waals surface area (Å²) in [5, 5.41) is 0. The molecule has 1 aromatic rings. The largest absolute Gasteiger partial charge is 0.493 e. The van der Waals surface area contributed by atoms with Gasteiger partial charge in [-0.05, 0) is 25.5 Å². The lowest BCUT2D eigenvalue weighted by Gasteiger charge is -2.16. The number of ether oxygens (including phenoxy) is 2. The highest BCUT2D eigenvalue weighted by Crippen LogP contribution is 2.34. The summed E-state index contributed by atoms with van der Waals surface area (Å²) in [5.74, 6) is -2.95. The second-order valence-electron chi connectivity index (χ2n) is 4.61. The zero-order valence-electron chi connectivity index (χ0n) is 12.3. The zero-order chi connectivity index (χ0) is 15.9. The zero-order valence-corrected chi connectivity index (χ0v) is 12.3. The number of hydrogen-bond donors (Lipinski definition) is 1. The number of hydrogen-bond acceptors (Lipinski definition) is 4. The Balaban J connectivity index is 2.58. The molecule has 0 unspecified atom stereocenters. The van der Waals surface area contributed by atoms with Crippen molar-refractivity contribution < 1.29 is 23.0 Å². The molecule has 0 aliphatic heterocycles. The van der Waals surface area contributed by atoms with Crippen LogP contribution in [0.15, 0.2) is 18.2 Å². The Morgan fingerprint density at radius 1 is 1.29 bits per heavy atom. The number of nitrogens with two attached hydrogens (primary N) is 1. The fraction of sp³-hybridized carbons (Fsp3) is 0.533. The number of carbonyl (C=O) groups is 1. The molecule has 1 aromatic carbocycles. The molecule has 0 aromatic heterocycles. The molecule has 0 atom stereocenters. The Labute approximate surface area is 123 Å². The number of anilines is 1. The smallest absolute Gasteiger partial charge is 0.305 e. The lowest BCUT2D eigenvalue weighted by molar-refractivity contribution is -0.143. The summed E-state index contributed by atoms with van der Waals surface area (Å²) >= 11 is 0. The molecule has 0 fully saturated rings. The predicted molar refractivity (Wildman–Crippen MR) is 76.4 cm³/mol. The van der Waals surface area contributed by atoms with Gasteiger partial charge in [-0.3, -0.25) is 4.79 Å². The Bertz CT molecular complexity index is 478. The Morgan fingerprint density at radius 2 is 2.00 bits per heavy atom. The van der Waals surface area contributed by atoms with Crippen molar-refractivity contribution in [2.75, 3.05) is 18.9 Å². The van der Waals surface area contributed by atoms with Crippen LogP contribution in [0.4, 0.5) is 14.5 Å². The highest BCUT2D eigenvalue weighted by molar-refractivity contribution is 5.69. The SMILES string of the molecule is CCOC(=O)CCCOc1cc(N)cc(C(F)(F)CC)c1. The van der Waals surface area contributed by atoms with Gasteiger partial charge in [0.2, 0.25) is 0 Å². The molecule has 1 rings (SSSR count). The molecule has 2 N–H and O–H groups in total. The van der Waals surface area contributed by atoms with Gasteiger partial charge in [0.05, 0.1) is 13.2 Å². The van der Waals surface area contributed by atoms with Crippen molar-refractivity contribution in [3.05, 3.63) is 23.8 Å². The first-order valence-corrected chi connectivity index (χ1v) is 6.96. The summed E-state index contributed by atoms with van der Waals surface area (Å²) in [6.45, 7) is 3.71. The van der Waals surface area contributed by atoms with Gasteiger partial charge in [-0.2, -0.15) is 0 Å². The molecule has 118 valence electrons. The van der Waals surface area contributed by atoms with E-state index < -0.39 is 5.92 Å². The standard InChI is InChI=1S/C15H21F2NO3/c1-3-15(16,17)11-8-12(18)10-13(9-11)21-7-5-6-14(19)20-4-2/h8-10H,3-7,18H2,1-2H3. The van der Waals surface area contributed by atoms with Gasteiger partial charge < -0.3 is 15.2 Å². The Morgan fingerprint density at radius 3 is 2.62 bits per heavy atom. The van der Waals surface area contributed by atoms with E-state index in [2.05, 4.69) is 0 Å². The molecule has 21 heavy (non-hydrogen) atoms. The van der Waals surface area contributed by atoms with Crippen LogP contribution in [0, 0.1) is 0 Å². The van der Waals surface area contributed by atoms with Crippen LogP contribution in [0.5, 0.6) is 5.75 Å². The van der Waals surface area contributed by atoms with Crippen molar-refractivity contribution in [1.82, 2.24) is 0 Å². The molecule has 0 amide bonds. The average Bonchev–Trinajstić information content (AvgIpc) is 2.43. The number of alkyl halides is 2. The Kier molecular flexibility index (Phi) is 6.39. The summed E-state index contributed by atoms with van der Waals surface area (Å²) in [4.78, 5) is 11.1. The van der Waals surface area contributed by atoms with Gasteiger partial charge in [0.15, 0.2) is 0 Å². The van der Waals surface area contributed by atoms with Crippen molar-refractivity contribution in [3.8, 4) is 5.75 Å². The molecule has 4 nitrogen and oxygen atoms in total. The minimum Gasteiger partial charge on any atom is -0.493 e. The van der Waals surface area contributed by atoms with Gasteiger partial charge in [-0.25, -0.2) is 8.78 Å². The number of halogens is 2. The van der Waals surface area contributed by atoms with Crippen LogP contribution in [0.2, 0.25) is 0 Å². The molecular weight excluding hydrogens is 280 g/mol. The fourth-order valence-electron chi connectivity index (χ4n) is 1.76. The number of nitrogen functional groups attached to an aromatic ring is 1. The average molecular weight is 301 g/mol. The van der Waals surface area contributed by atoms with Gasteiger partial charge in [0.25, 0.3) is 5.92 Å². The van der Waals surface area contributed by atoms with E-state index >= 15 is 0 Å². The van der Waals surface area contributed by atoms with Crippen LogP contribution in [-0.4, -0.2) is 19.2 Å². The van der Waals surface area contributed by atoms with E-state index in [4.69, 9.17) is 15.2 Å². The van der Waals surface area contributed by atoms with Gasteiger partial charge >= 0.3 is 5.97 Å². The molecule has 0 aliphatic rings. The second kappa shape index (κ2) is 7.81. The van der Waals surface area contributed by atoms with Gasteiger partial charge in [0, 0.05) is 30.2 Å². The summed E-state index contributed by atoms with van der Waals surface area (Å²) in [5.41, 5.74) is 5.68. The molecule has 0 aliphatic carbocycles. The number of esters is 1. The molecule has 0 radical (unpaired) electrons. The monoisotopic (exact) mass is 301 g/mol. The van der Waals surface area contributed by atoms with E-state index in [9.17, 15) is 13.6 Å².